The van der Waals surface area contributed by atoms with Crippen LogP contribution in [-0.2, 0) is 13.5 Å². The number of hydrogen-bond donors (Lipinski definition) is 2. The molecule has 0 atom stereocenters. The van der Waals surface area contributed by atoms with Gasteiger partial charge in [-0.2, -0.15) is 15.0 Å². The number of aromatic nitrogens is 5. The Morgan fingerprint density at radius 1 is 1.37 bits per heavy atom. The first-order chi connectivity index (χ1) is 9.19. The molecule has 2 heterocycles. The molecule has 8 nitrogen and oxygen atoms in total. The predicted octanol–water partition coefficient (Wildman–Crippen LogP) is 0.241. The minimum Gasteiger partial charge on any atom is -0.464 e. The molecule has 0 aromatic carbocycles. The highest BCUT2D eigenvalue weighted by atomic mass is 16.5. The maximum Gasteiger partial charge on any atom is 0.323 e. The highest BCUT2D eigenvalue weighted by Gasteiger charge is 2.05. The Kier molecular flexibility index (Phi) is 4.11. The van der Waals surface area contributed by atoms with Crippen LogP contribution in [0, 0.1) is 0 Å². The lowest BCUT2D eigenvalue weighted by atomic mass is 10.4. The van der Waals surface area contributed by atoms with Crippen LogP contribution in [-0.4, -0.2) is 37.7 Å². The summed E-state index contributed by atoms with van der Waals surface area (Å²) < 4.78 is 7.17. The van der Waals surface area contributed by atoms with Gasteiger partial charge in [-0.15, -0.1) is 0 Å². The molecule has 8 heteroatoms. The lowest BCUT2D eigenvalue weighted by molar-refractivity contribution is 0.312. The first kappa shape index (κ1) is 13.1. The molecule has 0 unspecified atom stereocenters. The van der Waals surface area contributed by atoms with E-state index in [1.165, 1.54) is 0 Å². The van der Waals surface area contributed by atoms with Crippen molar-refractivity contribution in [2.45, 2.75) is 13.3 Å². The van der Waals surface area contributed by atoms with E-state index in [1.807, 2.05) is 24.7 Å². The van der Waals surface area contributed by atoms with Gasteiger partial charge < -0.3 is 20.4 Å². The van der Waals surface area contributed by atoms with E-state index in [2.05, 4.69) is 25.3 Å². The molecule has 0 spiro atoms. The van der Waals surface area contributed by atoms with Gasteiger partial charge in [0.15, 0.2) is 0 Å². The molecule has 102 valence electrons. The van der Waals surface area contributed by atoms with Crippen molar-refractivity contribution < 1.29 is 4.74 Å². The third-order valence-corrected chi connectivity index (χ3v) is 2.46. The van der Waals surface area contributed by atoms with Crippen LogP contribution in [0.2, 0.25) is 0 Å². The number of nitrogens with zero attached hydrogens (tertiary/aromatic N) is 5. The maximum absolute atomic E-state index is 5.58. The van der Waals surface area contributed by atoms with Gasteiger partial charge in [0, 0.05) is 32.4 Å². The summed E-state index contributed by atoms with van der Waals surface area (Å²) in [7, 11) is 1.95. The second kappa shape index (κ2) is 5.98. The molecule has 19 heavy (non-hydrogen) atoms. The first-order valence-corrected chi connectivity index (χ1v) is 6.03. The zero-order chi connectivity index (χ0) is 13.7. The molecule has 0 radical (unpaired) electrons. The summed E-state index contributed by atoms with van der Waals surface area (Å²) in [6.45, 7) is 2.99. The maximum atomic E-state index is 5.58. The molecule has 2 aromatic heterocycles. The van der Waals surface area contributed by atoms with Crippen LogP contribution in [0.3, 0.4) is 0 Å². The lowest BCUT2D eigenvalue weighted by Gasteiger charge is -2.07. The van der Waals surface area contributed by atoms with Gasteiger partial charge in [0.05, 0.1) is 6.61 Å². The summed E-state index contributed by atoms with van der Waals surface area (Å²) in [5.74, 6) is 1.53. The van der Waals surface area contributed by atoms with E-state index < -0.39 is 0 Å². The van der Waals surface area contributed by atoms with Crippen molar-refractivity contribution in [2.24, 2.45) is 7.05 Å². The number of nitrogens with two attached hydrogens (primary N) is 1. The van der Waals surface area contributed by atoms with Crippen molar-refractivity contribution in [2.75, 3.05) is 24.2 Å². The molecule has 0 aliphatic heterocycles. The van der Waals surface area contributed by atoms with Crippen molar-refractivity contribution >= 4 is 11.9 Å². The second-order valence-corrected chi connectivity index (χ2v) is 3.86. The van der Waals surface area contributed by atoms with Crippen LogP contribution in [0.15, 0.2) is 12.4 Å². The third-order valence-electron chi connectivity index (χ3n) is 2.46. The Hall–Kier alpha value is -2.38. The van der Waals surface area contributed by atoms with E-state index >= 15 is 0 Å². The number of anilines is 2. The molecule has 0 saturated carbocycles. The largest absolute Gasteiger partial charge is 0.464 e. The average Bonchev–Trinajstić information content (AvgIpc) is 2.75. The summed E-state index contributed by atoms with van der Waals surface area (Å²) in [5.41, 5.74) is 5.58. The number of hydrogen-bond acceptors (Lipinski definition) is 7. The van der Waals surface area contributed by atoms with Crippen molar-refractivity contribution in [3.05, 3.63) is 18.2 Å². The summed E-state index contributed by atoms with van der Waals surface area (Å²) in [5, 5.41) is 3.07. The highest BCUT2D eigenvalue weighted by Crippen LogP contribution is 2.08. The molecule has 3 N–H and O–H groups in total. The number of nitrogens with one attached hydrogen (secondary N) is 1. The molecule has 0 saturated heterocycles. The van der Waals surface area contributed by atoms with Gasteiger partial charge >= 0.3 is 6.01 Å². The fourth-order valence-corrected chi connectivity index (χ4v) is 1.57. The van der Waals surface area contributed by atoms with Crippen molar-refractivity contribution in [1.29, 1.82) is 0 Å². The number of rotatable bonds is 6. The van der Waals surface area contributed by atoms with Gasteiger partial charge in [-0.1, -0.05) is 0 Å². The van der Waals surface area contributed by atoms with Crippen LogP contribution >= 0.6 is 0 Å². The van der Waals surface area contributed by atoms with Crippen molar-refractivity contribution in [3.8, 4) is 6.01 Å². The van der Waals surface area contributed by atoms with E-state index in [0.29, 0.717) is 19.1 Å². The van der Waals surface area contributed by atoms with E-state index in [0.717, 1.165) is 12.2 Å². The predicted molar refractivity (Wildman–Crippen MR) is 70.8 cm³/mol. The summed E-state index contributed by atoms with van der Waals surface area (Å²) in [6, 6.07) is 0.231. The second-order valence-electron chi connectivity index (χ2n) is 3.86. The van der Waals surface area contributed by atoms with Crippen LogP contribution in [0.1, 0.15) is 12.7 Å². The molecule has 0 bridgehead atoms. The molecular formula is C11H17N7O. The quantitative estimate of drug-likeness (QED) is 0.769. The number of nitrogen functional groups attached to an aromatic ring is 1. The zero-order valence-corrected chi connectivity index (χ0v) is 11.0. The molecule has 0 aliphatic rings. The Labute approximate surface area is 111 Å². The van der Waals surface area contributed by atoms with Gasteiger partial charge in [-0.25, -0.2) is 4.98 Å². The normalized spacial score (nSPS) is 10.4. The van der Waals surface area contributed by atoms with Crippen LogP contribution < -0.4 is 15.8 Å². The number of ether oxygens (including phenoxy) is 1. The van der Waals surface area contributed by atoms with Gasteiger partial charge in [0.2, 0.25) is 11.9 Å². The van der Waals surface area contributed by atoms with E-state index in [-0.39, 0.29) is 12.0 Å². The Morgan fingerprint density at radius 2 is 2.21 bits per heavy atom. The summed E-state index contributed by atoms with van der Waals surface area (Å²) >= 11 is 0. The molecular weight excluding hydrogens is 246 g/mol. The fraction of sp³-hybridized carbons (Fsp3) is 0.455. The zero-order valence-electron chi connectivity index (χ0n) is 11.0. The molecule has 2 rings (SSSR count). The van der Waals surface area contributed by atoms with Gasteiger partial charge in [-0.3, -0.25) is 0 Å². The molecule has 2 aromatic rings. The van der Waals surface area contributed by atoms with Crippen LogP contribution in [0.25, 0.3) is 0 Å². The lowest BCUT2D eigenvalue weighted by Crippen LogP contribution is -2.13. The Bertz CT molecular complexity index is 540. The fourth-order valence-electron chi connectivity index (χ4n) is 1.57. The number of imidazole rings is 1. The van der Waals surface area contributed by atoms with Gasteiger partial charge in [0.25, 0.3) is 0 Å². The SMILES string of the molecule is CCOc1nc(N)nc(NCCc2nccn2C)n1. The van der Waals surface area contributed by atoms with Crippen molar-refractivity contribution in [3.63, 3.8) is 0 Å². The highest BCUT2D eigenvalue weighted by molar-refractivity contribution is 5.32. The van der Waals surface area contributed by atoms with E-state index in [9.17, 15) is 0 Å². The standard InChI is InChI=1S/C11H17N7O/c1-3-19-11-16-9(12)15-10(17-11)14-5-4-8-13-6-7-18(8)2/h6-7H,3-5H2,1-2H3,(H3,12,14,15,16,17). The topological polar surface area (TPSA) is 104 Å². The monoisotopic (exact) mass is 263 g/mol. The first-order valence-electron chi connectivity index (χ1n) is 6.03. The van der Waals surface area contributed by atoms with E-state index in [1.54, 1.807) is 6.20 Å². The van der Waals surface area contributed by atoms with Gasteiger partial charge in [-0.05, 0) is 6.92 Å². The average molecular weight is 263 g/mol. The molecule has 0 aliphatic carbocycles. The number of aryl methyl sites for hydroxylation is 1. The minimum atomic E-state index is 0.137. The summed E-state index contributed by atoms with van der Waals surface area (Å²) in [4.78, 5) is 16.2. The molecule has 0 fully saturated rings. The Balaban J connectivity index is 1.94. The molecule has 0 amide bonds. The van der Waals surface area contributed by atoms with Crippen LogP contribution in [0.4, 0.5) is 11.9 Å². The Morgan fingerprint density at radius 3 is 2.89 bits per heavy atom. The van der Waals surface area contributed by atoms with E-state index in [4.69, 9.17) is 10.5 Å². The summed E-state index contributed by atoms with van der Waals surface area (Å²) in [6.07, 6.45) is 4.44. The van der Waals surface area contributed by atoms with Crippen LogP contribution in [0.5, 0.6) is 6.01 Å². The minimum absolute atomic E-state index is 0.137. The third kappa shape index (κ3) is 3.54. The smallest absolute Gasteiger partial charge is 0.323 e. The van der Waals surface area contributed by atoms with Gasteiger partial charge in [0.1, 0.15) is 5.82 Å². The van der Waals surface area contributed by atoms with Crippen molar-refractivity contribution in [1.82, 2.24) is 24.5 Å².